The summed E-state index contributed by atoms with van der Waals surface area (Å²) in [5, 5.41) is 0. The molecule has 0 amide bonds. The highest BCUT2D eigenvalue weighted by Crippen LogP contribution is 2.29. The molecule has 1 aromatic carbocycles. The molecule has 2 heteroatoms. The SMILES string of the molecule is NCC(OCCC1CCC1)c1ccccc1. The molecule has 1 fully saturated rings. The van der Waals surface area contributed by atoms with E-state index >= 15 is 0 Å². The first-order valence-corrected chi connectivity index (χ1v) is 6.26. The van der Waals surface area contributed by atoms with Crippen LogP contribution in [0.3, 0.4) is 0 Å². The zero-order valence-electron chi connectivity index (χ0n) is 9.77. The summed E-state index contributed by atoms with van der Waals surface area (Å²) in [6, 6.07) is 10.3. The molecule has 0 saturated heterocycles. The van der Waals surface area contributed by atoms with Crippen molar-refractivity contribution in [2.24, 2.45) is 11.7 Å². The van der Waals surface area contributed by atoms with E-state index in [9.17, 15) is 0 Å². The van der Waals surface area contributed by atoms with Gasteiger partial charge in [-0.2, -0.15) is 0 Å². The number of hydrogen-bond donors (Lipinski definition) is 1. The monoisotopic (exact) mass is 219 g/mol. The number of hydrogen-bond acceptors (Lipinski definition) is 2. The summed E-state index contributed by atoms with van der Waals surface area (Å²) in [5.74, 6) is 0.911. The van der Waals surface area contributed by atoms with Gasteiger partial charge in [-0.1, -0.05) is 49.6 Å². The van der Waals surface area contributed by atoms with Gasteiger partial charge in [0.25, 0.3) is 0 Å². The average Bonchev–Trinajstić information content (AvgIpc) is 2.28. The molecule has 1 unspecified atom stereocenters. The lowest BCUT2D eigenvalue weighted by molar-refractivity contribution is 0.0424. The molecule has 0 spiro atoms. The van der Waals surface area contributed by atoms with E-state index in [1.54, 1.807) is 0 Å². The van der Waals surface area contributed by atoms with E-state index in [2.05, 4.69) is 12.1 Å². The van der Waals surface area contributed by atoms with Crippen molar-refractivity contribution in [3.8, 4) is 0 Å². The van der Waals surface area contributed by atoms with Crippen LogP contribution in [0.25, 0.3) is 0 Å². The van der Waals surface area contributed by atoms with Crippen molar-refractivity contribution in [1.82, 2.24) is 0 Å². The van der Waals surface area contributed by atoms with Gasteiger partial charge in [0.05, 0.1) is 6.10 Å². The van der Waals surface area contributed by atoms with Crippen molar-refractivity contribution in [1.29, 1.82) is 0 Å². The lowest BCUT2D eigenvalue weighted by Crippen LogP contribution is -2.19. The zero-order chi connectivity index (χ0) is 11.2. The third-order valence-corrected chi connectivity index (χ3v) is 3.46. The van der Waals surface area contributed by atoms with Crippen molar-refractivity contribution >= 4 is 0 Å². The van der Waals surface area contributed by atoms with Crippen molar-refractivity contribution in [3.63, 3.8) is 0 Å². The van der Waals surface area contributed by atoms with E-state index in [0.29, 0.717) is 6.54 Å². The van der Waals surface area contributed by atoms with Crippen LogP contribution in [0, 0.1) is 5.92 Å². The summed E-state index contributed by atoms with van der Waals surface area (Å²) in [7, 11) is 0. The minimum Gasteiger partial charge on any atom is -0.372 e. The molecule has 2 N–H and O–H groups in total. The third-order valence-electron chi connectivity index (χ3n) is 3.46. The Morgan fingerprint density at radius 2 is 2.00 bits per heavy atom. The van der Waals surface area contributed by atoms with Gasteiger partial charge < -0.3 is 10.5 Å². The van der Waals surface area contributed by atoms with Crippen LogP contribution < -0.4 is 5.73 Å². The highest BCUT2D eigenvalue weighted by Gasteiger charge is 2.17. The quantitative estimate of drug-likeness (QED) is 0.798. The lowest BCUT2D eigenvalue weighted by Gasteiger charge is -2.26. The summed E-state index contributed by atoms with van der Waals surface area (Å²) in [5.41, 5.74) is 6.94. The van der Waals surface area contributed by atoms with Gasteiger partial charge in [0, 0.05) is 13.2 Å². The largest absolute Gasteiger partial charge is 0.372 e. The highest BCUT2D eigenvalue weighted by molar-refractivity contribution is 5.17. The number of ether oxygens (including phenoxy) is 1. The molecule has 0 bridgehead atoms. The molecule has 0 heterocycles. The van der Waals surface area contributed by atoms with E-state index in [4.69, 9.17) is 10.5 Å². The molecule has 2 rings (SSSR count). The van der Waals surface area contributed by atoms with Gasteiger partial charge in [-0.05, 0) is 17.9 Å². The van der Waals surface area contributed by atoms with Crippen molar-refractivity contribution in [2.75, 3.05) is 13.2 Å². The molecule has 2 nitrogen and oxygen atoms in total. The van der Waals surface area contributed by atoms with E-state index in [1.165, 1.54) is 31.2 Å². The number of rotatable bonds is 6. The molecule has 1 atom stereocenters. The van der Waals surface area contributed by atoms with E-state index < -0.39 is 0 Å². The minimum atomic E-state index is 0.0706. The van der Waals surface area contributed by atoms with Crippen molar-refractivity contribution < 1.29 is 4.74 Å². The maximum absolute atomic E-state index is 5.86. The molecule has 0 radical (unpaired) electrons. The Labute approximate surface area is 97.8 Å². The normalized spacial score (nSPS) is 18.1. The summed E-state index contributed by atoms with van der Waals surface area (Å²) < 4.78 is 5.86. The zero-order valence-corrected chi connectivity index (χ0v) is 9.77. The first-order chi connectivity index (χ1) is 7.90. The Morgan fingerprint density at radius 1 is 1.25 bits per heavy atom. The second kappa shape index (κ2) is 6.02. The second-order valence-corrected chi connectivity index (χ2v) is 4.59. The van der Waals surface area contributed by atoms with Crippen molar-refractivity contribution in [3.05, 3.63) is 35.9 Å². The molecular weight excluding hydrogens is 198 g/mol. The van der Waals surface area contributed by atoms with Crippen LogP contribution in [0.2, 0.25) is 0 Å². The van der Waals surface area contributed by atoms with Gasteiger partial charge in [-0.3, -0.25) is 0 Å². The van der Waals surface area contributed by atoms with E-state index in [0.717, 1.165) is 12.5 Å². The van der Waals surface area contributed by atoms with Crippen LogP contribution >= 0.6 is 0 Å². The van der Waals surface area contributed by atoms with Gasteiger partial charge in [-0.25, -0.2) is 0 Å². The topological polar surface area (TPSA) is 35.2 Å². The lowest BCUT2D eigenvalue weighted by atomic mass is 9.83. The van der Waals surface area contributed by atoms with Crippen LogP contribution in [0.15, 0.2) is 30.3 Å². The second-order valence-electron chi connectivity index (χ2n) is 4.59. The smallest absolute Gasteiger partial charge is 0.0947 e. The van der Waals surface area contributed by atoms with Gasteiger partial charge in [0.1, 0.15) is 0 Å². The molecule has 1 aromatic rings. The third kappa shape index (κ3) is 3.06. The first-order valence-electron chi connectivity index (χ1n) is 6.26. The molecular formula is C14H21NO. The maximum Gasteiger partial charge on any atom is 0.0947 e. The molecule has 1 aliphatic rings. The Kier molecular flexibility index (Phi) is 4.37. The standard InChI is InChI=1S/C14H21NO/c15-11-14(13-7-2-1-3-8-13)16-10-9-12-5-4-6-12/h1-3,7-8,12,14H,4-6,9-11,15H2. The van der Waals surface area contributed by atoms with Gasteiger partial charge in [-0.15, -0.1) is 0 Å². The van der Waals surface area contributed by atoms with Crippen LogP contribution in [0.1, 0.15) is 37.4 Å². The minimum absolute atomic E-state index is 0.0706. The first kappa shape index (κ1) is 11.6. The van der Waals surface area contributed by atoms with Crippen LogP contribution in [-0.4, -0.2) is 13.2 Å². The molecule has 1 aliphatic carbocycles. The Hall–Kier alpha value is -0.860. The highest BCUT2D eigenvalue weighted by atomic mass is 16.5. The fourth-order valence-electron chi connectivity index (χ4n) is 2.13. The van der Waals surface area contributed by atoms with E-state index in [-0.39, 0.29) is 6.10 Å². The Bertz CT molecular complexity index is 295. The number of benzene rings is 1. The molecule has 0 aliphatic heterocycles. The van der Waals surface area contributed by atoms with Gasteiger partial charge >= 0.3 is 0 Å². The van der Waals surface area contributed by atoms with Crippen molar-refractivity contribution in [2.45, 2.75) is 31.8 Å². The number of nitrogens with two attached hydrogens (primary N) is 1. The summed E-state index contributed by atoms with van der Waals surface area (Å²) in [6.45, 7) is 1.41. The fraction of sp³-hybridized carbons (Fsp3) is 0.571. The average molecular weight is 219 g/mol. The molecule has 1 saturated carbocycles. The van der Waals surface area contributed by atoms with Crippen LogP contribution in [-0.2, 0) is 4.74 Å². The molecule has 88 valence electrons. The van der Waals surface area contributed by atoms with Crippen LogP contribution in [0.5, 0.6) is 0 Å². The predicted molar refractivity (Wildman–Crippen MR) is 66.1 cm³/mol. The fourth-order valence-corrected chi connectivity index (χ4v) is 2.13. The molecule has 16 heavy (non-hydrogen) atoms. The predicted octanol–water partition coefficient (Wildman–Crippen LogP) is 2.89. The molecule has 0 aromatic heterocycles. The summed E-state index contributed by atoms with van der Waals surface area (Å²) in [4.78, 5) is 0. The van der Waals surface area contributed by atoms with Gasteiger partial charge in [0.2, 0.25) is 0 Å². The maximum atomic E-state index is 5.86. The van der Waals surface area contributed by atoms with Gasteiger partial charge in [0.15, 0.2) is 0 Å². The Balaban J connectivity index is 1.76. The summed E-state index contributed by atoms with van der Waals surface area (Å²) >= 11 is 0. The van der Waals surface area contributed by atoms with E-state index in [1.807, 2.05) is 18.2 Å². The van der Waals surface area contributed by atoms with Crippen LogP contribution in [0.4, 0.5) is 0 Å². The summed E-state index contributed by atoms with van der Waals surface area (Å²) in [6.07, 6.45) is 5.46. The Morgan fingerprint density at radius 3 is 2.56 bits per heavy atom.